The van der Waals surface area contributed by atoms with Gasteiger partial charge in [-0.2, -0.15) is 0 Å². The first-order chi connectivity index (χ1) is 9.75. The lowest BCUT2D eigenvalue weighted by Gasteiger charge is -2.03. The van der Waals surface area contributed by atoms with E-state index in [-0.39, 0.29) is 23.5 Å². The predicted octanol–water partition coefficient (Wildman–Crippen LogP) is 2.15. The number of aromatic amines is 1. The smallest absolute Gasteiger partial charge is 0.224 e. The van der Waals surface area contributed by atoms with Crippen LogP contribution in [0, 0.1) is 11.8 Å². The molecule has 1 fully saturated rings. The van der Waals surface area contributed by atoms with Crippen LogP contribution in [0.2, 0.25) is 0 Å². The van der Waals surface area contributed by atoms with E-state index in [1.165, 1.54) is 0 Å². The molecule has 0 radical (unpaired) electrons. The van der Waals surface area contributed by atoms with E-state index in [1.807, 2.05) is 36.7 Å². The predicted molar refractivity (Wildman–Crippen MR) is 75.0 cm³/mol. The maximum absolute atomic E-state index is 12.2. The second-order valence-electron chi connectivity index (χ2n) is 5.12. The van der Waals surface area contributed by atoms with Gasteiger partial charge in [-0.25, -0.2) is 0 Å². The number of nitrogens with one attached hydrogen (secondary N) is 2. The number of amides is 1. The maximum Gasteiger partial charge on any atom is 0.224 e. The molecule has 2 aromatic rings. The molecule has 0 aliphatic heterocycles. The van der Waals surface area contributed by atoms with Crippen LogP contribution in [0.15, 0.2) is 48.8 Å². The van der Waals surface area contributed by atoms with Gasteiger partial charge in [0.05, 0.1) is 0 Å². The highest BCUT2D eigenvalue weighted by molar-refractivity contribution is 6.03. The standard InChI is InChI=1S/C16H16N2O2/c19-15(12-4-2-1-3-5-12)13-8-14(13)16(20)18-10-11-6-7-17-9-11/h1-7,9,13-14,17H,8,10H2,(H,18,20)/t13-,14+/m0/s1. The minimum Gasteiger partial charge on any atom is -0.367 e. The molecule has 1 amide bonds. The van der Waals surface area contributed by atoms with Gasteiger partial charge in [-0.15, -0.1) is 0 Å². The number of ketones is 1. The van der Waals surface area contributed by atoms with Gasteiger partial charge < -0.3 is 10.3 Å². The Morgan fingerprint density at radius 1 is 1.15 bits per heavy atom. The molecule has 1 saturated carbocycles. The summed E-state index contributed by atoms with van der Waals surface area (Å²) in [7, 11) is 0. The van der Waals surface area contributed by atoms with Crippen LogP contribution in [0.5, 0.6) is 0 Å². The average molecular weight is 268 g/mol. The van der Waals surface area contributed by atoms with Crippen molar-refractivity contribution < 1.29 is 9.59 Å². The van der Waals surface area contributed by atoms with E-state index in [9.17, 15) is 9.59 Å². The summed E-state index contributed by atoms with van der Waals surface area (Å²) in [4.78, 5) is 27.1. The fourth-order valence-corrected chi connectivity index (χ4v) is 2.38. The monoisotopic (exact) mass is 268 g/mol. The first kappa shape index (κ1) is 12.7. The molecular weight excluding hydrogens is 252 g/mol. The third-order valence-corrected chi connectivity index (χ3v) is 3.65. The number of hydrogen-bond donors (Lipinski definition) is 2. The second kappa shape index (κ2) is 5.33. The molecule has 1 aromatic heterocycles. The first-order valence-electron chi connectivity index (χ1n) is 6.74. The summed E-state index contributed by atoms with van der Waals surface area (Å²) >= 11 is 0. The molecule has 0 unspecified atom stereocenters. The summed E-state index contributed by atoms with van der Waals surface area (Å²) in [6.07, 6.45) is 4.33. The molecule has 102 valence electrons. The van der Waals surface area contributed by atoms with Crippen molar-refractivity contribution in [1.29, 1.82) is 0 Å². The Morgan fingerprint density at radius 2 is 1.95 bits per heavy atom. The van der Waals surface area contributed by atoms with Crippen LogP contribution in [0.1, 0.15) is 22.3 Å². The number of Topliss-reactive ketones (excluding diaryl/α,β-unsaturated/α-hetero) is 1. The van der Waals surface area contributed by atoms with Crippen LogP contribution in [0.3, 0.4) is 0 Å². The van der Waals surface area contributed by atoms with Crippen molar-refractivity contribution in [2.24, 2.45) is 11.8 Å². The molecule has 2 N–H and O–H groups in total. The number of rotatable bonds is 5. The SMILES string of the molecule is O=C(c1ccccc1)[C@H]1C[C@H]1C(=O)NCc1cc[nH]c1. The quantitative estimate of drug-likeness (QED) is 0.816. The minimum absolute atomic E-state index is 0.0273. The van der Waals surface area contributed by atoms with Crippen molar-refractivity contribution >= 4 is 11.7 Å². The molecule has 0 bridgehead atoms. The number of aromatic nitrogens is 1. The molecule has 20 heavy (non-hydrogen) atoms. The minimum atomic E-state index is -0.165. The largest absolute Gasteiger partial charge is 0.367 e. The Hall–Kier alpha value is -2.36. The normalized spacial score (nSPS) is 20.4. The third-order valence-electron chi connectivity index (χ3n) is 3.65. The average Bonchev–Trinajstić information content (AvgIpc) is 3.12. The molecule has 4 nitrogen and oxygen atoms in total. The van der Waals surface area contributed by atoms with Gasteiger partial charge >= 0.3 is 0 Å². The molecule has 1 heterocycles. The van der Waals surface area contributed by atoms with E-state index in [2.05, 4.69) is 10.3 Å². The summed E-state index contributed by atoms with van der Waals surface area (Å²) in [5.41, 5.74) is 1.73. The highest BCUT2D eigenvalue weighted by atomic mass is 16.2. The topological polar surface area (TPSA) is 62.0 Å². The lowest BCUT2D eigenvalue weighted by Crippen LogP contribution is -2.25. The molecule has 2 atom stereocenters. The highest BCUT2D eigenvalue weighted by Gasteiger charge is 2.47. The van der Waals surface area contributed by atoms with Gasteiger partial charge in [0.2, 0.25) is 5.91 Å². The van der Waals surface area contributed by atoms with Crippen molar-refractivity contribution in [1.82, 2.24) is 10.3 Å². The molecule has 4 heteroatoms. The van der Waals surface area contributed by atoms with E-state index < -0.39 is 0 Å². The zero-order valence-corrected chi connectivity index (χ0v) is 11.0. The number of H-pyrrole nitrogens is 1. The lowest BCUT2D eigenvalue weighted by molar-refractivity contribution is -0.122. The third kappa shape index (κ3) is 2.64. The molecular formula is C16H16N2O2. The number of benzene rings is 1. The van der Waals surface area contributed by atoms with Crippen LogP contribution in [0.25, 0.3) is 0 Å². The van der Waals surface area contributed by atoms with Gasteiger partial charge in [0.15, 0.2) is 5.78 Å². The van der Waals surface area contributed by atoms with E-state index in [4.69, 9.17) is 0 Å². The number of hydrogen-bond acceptors (Lipinski definition) is 2. The van der Waals surface area contributed by atoms with Crippen LogP contribution < -0.4 is 5.32 Å². The van der Waals surface area contributed by atoms with Crippen molar-refractivity contribution in [3.63, 3.8) is 0 Å². The molecule has 0 spiro atoms. The molecule has 3 rings (SSSR count). The van der Waals surface area contributed by atoms with Gasteiger partial charge in [-0.3, -0.25) is 9.59 Å². The molecule has 1 aliphatic carbocycles. The Bertz CT molecular complexity index is 605. The molecule has 1 aliphatic rings. The van der Waals surface area contributed by atoms with Crippen molar-refractivity contribution in [2.45, 2.75) is 13.0 Å². The fourth-order valence-electron chi connectivity index (χ4n) is 2.38. The molecule has 0 saturated heterocycles. The van der Waals surface area contributed by atoms with E-state index in [0.29, 0.717) is 18.5 Å². The fraction of sp³-hybridized carbons (Fsp3) is 0.250. The van der Waals surface area contributed by atoms with Gasteiger partial charge in [0.1, 0.15) is 0 Å². The van der Waals surface area contributed by atoms with E-state index >= 15 is 0 Å². The van der Waals surface area contributed by atoms with Gasteiger partial charge in [-0.1, -0.05) is 30.3 Å². The van der Waals surface area contributed by atoms with Gasteiger partial charge in [0, 0.05) is 36.3 Å². The lowest BCUT2D eigenvalue weighted by atomic mass is 10.1. The second-order valence-corrected chi connectivity index (χ2v) is 5.12. The Kier molecular flexibility index (Phi) is 3.37. The van der Waals surface area contributed by atoms with Crippen molar-refractivity contribution in [2.75, 3.05) is 0 Å². The van der Waals surface area contributed by atoms with Crippen molar-refractivity contribution in [3.8, 4) is 0 Å². The summed E-state index contributed by atoms with van der Waals surface area (Å²) in [6.45, 7) is 0.505. The number of carbonyl (C=O) groups is 2. The van der Waals surface area contributed by atoms with Crippen LogP contribution in [-0.2, 0) is 11.3 Å². The van der Waals surface area contributed by atoms with Gasteiger partial charge in [0.25, 0.3) is 0 Å². The Balaban J connectivity index is 1.53. The zero-order chi connectivity index (χ0) is 13.9. The Morgan fingerprint density at radius 3 is 2.65 bits per heavy atom. The highest BCUT2D eigenvalue weighted by Crippen LogP contribution is 2.41. The first-order valence-corrected chi connectivity index (χ1v) is 6.74. The van der Waals surface area contributed by atoms with Gasteiger partial charge in [-0.05, 0) is 18.1 Å². The van der Waals surface area contributed by atoms with E-state index in [1.54, 1.807) is 12.1 Å². The molecule has 1 aromatic carbocycles. The van der Waals surface area contributed by atoms with Crippen LogP contribution >= 0.6 is 0 Å². The maximum atomic E-state index is 12.2. The zero-order valence-electron chi connectivity index (χ0n) is 11.0. The summed E-state index contributed by atoms with van der Waals surface area (Å²) in [5, 5.41) is 2.87. The van der Waals surface area contributed by atoms with E-state index in [0.717, 1.165) is 5.56 Å². The van der Waals surface area contributed by atoms with Crippen LogP contribution in [-0.4, -0.2) is 16.7 Å². The summed E-state index contributed by atoms with van der Waals surface area (Å²) in [5.74, 6) is -0.266. The Labute approximate surface area is 117 Å². The summed E-state index contributed by atoms with van der Waals surface area (Å²) in [6, 6.07) is 11.1. The summed E-state index contributed by atoms with van der Waals surface area (Å²) < 4.78 is 0. The number of carbonyl (C=O) groups excluding carboxylic acids is 2. The van der Waals surface area contributed by atoms with Crippen molar-refractivity contribution in [3.05, 3.63) is 59.9 Å². The van der Waals surface area contributed by atoms with Crippen LogP contribution in [0.4, 0.5) is 0 Å².